The molecule has 1 atom stereocenters. The molecule has 0 fully saturated rings. The van der Waals surface area contributed by atoms with Gasteiger partial charge in [0.05, 0.1) is 24.4 Å². The van der Waals surface area contributed by atoms with Gasteiger partial charge >= 0.3 is 5.97 Å². The average molecular weight is 383 g/mol. The normalized spacial score (nSPS) is 11.6. The second-order valence-corrected chi connectivity index (χ2v) is 6.26. The van der Waals surface area contributed by atoms with Crippen LogP contribution in [0.4, 0.5) is 11.4 Å². The first-order valence-corrected chi connectivity index (χ1v) is 9.04. The molecule has 0 saturated carbocycles. The average Bonchev–Trinajstić information content (AvgIpc) is 2.68. The Morgan fingerprint density at radius 2 is 1.64 bits per heavy atom. The molecule has 28 heavy (non-hydrogen) atoms. The van der Waals surface area contributed by atoms with Crippen LogP contribution in [0.15, 0.2) is 54.6 Å². The Balaban J connectivity index is 2.03. The Labute approximate surface area is 164 Å². The van der Waals surface area contributed by atoms with Crippen LogP contribution in [0.5, 0.6) is 0 Å². The molecular weight excluding hydrogens is 358 g/mol. The minimum Gasteiger partial charge on any atom is -0.465 e. The second kappa shape index (κ2) is 10.2. The summed E-state index contributed by atoms with van der Waals surface area (Å²) in [5.41, 5.74) is 1.41. The van der Waals surface area contributed by atoms with Crippen molar-refractivity contribution in [3.8, 4) is 0 Å². The third-order valence-electron chi connectivity index (χ3n) is 4.16. The lowest BCUT2D eigenvalue weighted by atomic mass is 10.1. The fourth-order valence-corrected chi connectivity index (χ4v) is 2.51. The van der Waals surface area contributed by atoms with Crippen molar-refractivity contribution < 1.29 is 19.1 Å². The Morgan fingerprint density at radius 3 is 2.32 bits per heavy atom. The fourth-order valence-electron chi connectivity index (χ4n) is 2.51. The summed E-state index contributed by atoms with van der Waals surface area (Å²) < 4.78 is 4.97. The number of amides is 2. The van der Waals surface area contributed by atoms with E-state index in [2.05, 4.69) is 10.6 Å². The minimum absolute atomic E-state index is 0.0192. The molecule has 0 aliphatic heterocycles. The van der Waals surface area contributed by atoms with Crippen molar-refractivity contribution in [2.75, 3.05) is 30.8 Å². The lowest BCUT2D eigenvalue weighted by Crippen LogP contribution is -2.41. The zero-order chi connectivity index (χ0) is 20.5. The SMILES string of the molecule is CCOC(=O)[C@H](C)N(C)CC(=O)Nc1ccccc1C(=O)Nc1ccccc1. The lowest BCUT2D eigenvalue weighted by molar-refractivity contribution is -0.148. The van der Waals surface area contributed by atoms with E-state index in [4.69, 9.17) is 4.74 Å². The molecule has 0 aliphatic rings. The minimum atomic E-state index is -0.553. The largest absolute Gasteiger partial charge is 0.465 e. The standard InChI is InChI=1S/C21H25N3O4/c1-4-28-21(27)15(2)24(3)14-19(25)23-18-13-9-8-12-17(18)20(26)22-16-10-6-5-7-11-16/h5-13,15H,4,14H2,1-3H3,(H,22,26)(H,23,25)/t15-/m0/s1. The number of carbonyl (C=O) groups excluding carboxylic acids is 3. The number of anilines is 2. The van der Waals surface area contributed by atoms with E-state index in [9.17, 15) is 14.4 Å². The summed E-state index contributed by atoms with van der Waals surface area (Å²) in [5, 5.41) is 5.54. The zero-order valence-electron chi connectivity index (χ0n) is 16.3. The van der Waals surface area contributed by atoms with Gasteiger partial charge in [-0.25, -0.2) is 0 Å². The number of nitrogens with zero attached hydrogens (tertiary/aromatic N) is 1. The van der Waals surface area contributed by atoms with Gasteiger partial charge in [-0.2, -0.15) is 0 Å². The summed E-state index contributed by atoms with van der Waals surface area (Å²) in [4.78, 5) is 38.4. The number of rotatable bonds is 8. The number of esters is 1. The smallest absolute Gasteiger partial charge is 0.323 e. The van der Waals surface area contributed by atoms with Crippen LogP contribution in [-0.4, -0.2) is 48.9 Å². The number of para-hydroxylation sites is 2. The van der Waals surface area contributed by atoms with Gasteiger partial charge in [0.1, 0.15) is 6.04 Å². The molecule has 0 spiro atoms. The molecular formula is C21H25N3O4. The van der Waals surface area contributed by atoms with Gasteiger partial charge in [-0.3, -0.25) is 19.3 Å². The van der Waals surface area contributed by atoms with Crippen LogP contribution < -0.4 is 10.6 Å². The summed E-state index contributed by atoms with van der Waals surface area (Å²) in [5.74, 6) is -1.05. The highest BCUT2D eigenvalue weighted by Crippen LogP contribution is 2.17. The number of benzene rings is 2. The molecule has 2 N–H and O–H groups in total. The lowest BCUT2D eigenvalue weighted by Gasteiger charge is -2.22. The van der Waals surface area contributed by atoms with Crippen LogP contribution in [0.25, 0.3) is 0 Å². The molecule has 0 bridgehead atoms. The highest BCUT2D eigenvalue weighted by Gasteiger charge is 2.22. The molecule has 7 nitrogen and oxygen atoms in total. The molecule has 7 heteroatoms. The molecule has 0 saturated heterocycles. The first kappa shape index (κ1) is 21.1. The van der Waals surface area contributed by atoms with E-state index >= 15 is 0 Å². The topological polar surface area (TPSA) is 87.7 Å². The van der Waals surface area contributed by atoms with E-state index in [1.807, 2.05) is 18.2 Å². The maximum absolute atomic E-state index is 12.6. The van der Waals surface area contributed by atoms with Gasteiger partial charge in [-0.05, 0) is 45.2 Å². The Bertz CT molecular complexity index is 823. The zero-order valence-corrected chi connectivity index (χ0v) is 16.3. The molecule has 148 valence electrons. The van der Waals surface area contributed by atoms with Crippen LogP contribution in [0.1, 0.15) is 24.2 Å². The first-order valence-electron chi connectivity index (χ1n) is 9.04. The summed E-state index contributed by atoms with van der Waals surface area (Å²) in [7, 11) is 1.66. The van der Waals surface area contributed by atoms with Crippen molar-refractivity contribution in [1.82, 2.24) is 4.90 Å². The van der Waals surface area contributed by atoms with Gasteiger partial charge in [-0.15, -0.1) is 0 Å². The second-order valence-electron chi connectivity index (χ2n) is 6.26. The van der Waals surface area contributed by atoms with Crippen LogP contribution in [0.2, 0.25) is 0 Å². The first-order chi connectivity index (χ1) is 13.4. The van der Waals surface area contributed by atoms with Crippen LogP contribution in [0.3, 0.4) is 0 Å². The summed E-state index contributed by atoms with van der Waals surface area (Å²) in [6.45, 7) is 3.67. The number of nitrogens with one attached hydrogen (secondary N) is 2. The third-order valence-corrected chi connectivity index (χ3v) is 4.16. The van der Waals surface area contributed by atoms with Gasteiger partial charge in [0.25, 0.3) is 5.91 Å². The van der Waals surface area contributed by atoms with Gasteiger partial charge < -0.3 is 15.4 Å². The predicted octanol–water partition coefficient (Wildman–Crippen LogP) is 2.76. The number of hydrogen-bond acceptors (Lipinski definition) is 5. The van der Waals surface area contributed by atoms with Crippen molar-refractivity contribution in [3.63, 3.8) is 0 Å². The van der Waals surface area contributed by atoms with E-state index < -0.39 is 6.04 Å². The van der Waals surface area contributed by atoms with Gasteiger partial charge in [0.15, 0.2) is 0 Å². The molecule has 0 heterocycles. The number of carbonyl (C=O) groups is 3. The molecule has 0 aromatic heterocycles. The highest BCUT2D eigenvalue weighted by atomic mass is 16.5. The molecule has 2 aromatic carbocycles. The fraction of sp³-hybridized carbons (Fsp3) is 0.286. The maximum atomic E-state index is 12.6. The van der Waals surface area contributed by atoms with Gasteiger partial charge in [0, 0.05) is 5.69 Å². The van der Waals surface area contributed by atoms with Crippen molar-refractivity contribution in [1.29, 1.82) is 0 Å². The maximum Gasteiger partial charge on any atom is 0.323 e. The molecule has 0 unspecified atom stereocenters. The molecule has 2 rings (SSSR count). The van der Waals surface area contributed by atoms with Crippen LogP contribution >= 0.6 is 0 Å². The van der Waals surface area contributed by atoms with Gasteiger partial charge in [-0.1, -0.05) is 30.3 Å². The van der Waals surface area contributed by atoms with Crippen molar-refractivity contribution in [2.45, 2.75) is 19.9 Å². The van der Waals surface area contributed by atoms with Crippen LogP contribution in [0, 0.1) is 0 Å². The van der Waals surface area contributed by atoms with Crippen molar-refractivity contribution in [3.05, 3.63) is 60.2 Å². The van der Waals surface area contributed by atoms with Crippen LogP contribution in [-0.2, 0) is 14.3 Å². The van der Waals surface area contributed by atoms with Crippen molar-refractivity contribution >= 4 is 29.2 Å². The third kappa shape index (κ3) is 5.92. The summed E-state index contributed by atoms with van der Waals surface area (Å²) in [6, 6.07) is 15.3. The molecule has 2 aromatic rings. The summed E-state index contributed by atoms with van der Waals surface area (Å²) >= 11 is 0. The Hall–Kier alpha value is -3.19. The van der Waals surface area contributed by atoms with E-state index in [-0.39, 0.29) is 30.9 Å². The Morgan fingerprint density at radius 1 is 1.00 bits per heavy atom. The van der Waals surface area contributed by atoms with Crippen molar-refractivity contribution in [2.24, 2.45) is 0 Å². The number of ether oxygens (including phenoxy) is 1. The highest BCUT2D eigenvalue weighted by molar-refractivity contribution is 6.10. The Kier molecular flexibility index (Phi) is 7.71. The monoisotopic (exact) mass is 383 g/mol. The van der Waals surface area contributed by atoms with E-state index in [0.717, 1.165) is 0 Å². The molecule has 2 amide bonds. The molecule has 0 radical (unpaired) electrons. The molecule has 0 aliphatic carbocycles. The number of likely N-dealkylation sites (N-methyl/N-ethyl adjacent to an activating group) is 1. The quantitative estimate of drug-likeness (QED) is 0.685. The van der Waals surface area contributed by atoms with E-state index in [1.165, 1.54) is 0 Å². The predicted molar refractivity (Wildman–Crippen MR) is 108 cm³/mol. The summed E-state index contributed by atoms with van der Waals surface area (Å²) in [6.07, 6.45) is 0. The van der Waals surface area contributed by atoms with Gasteiger partial charge in [0.2, 0.25) is 5.91 Å². The van der Waals surface area contributed by atoms with E-state index in [0.29, 0.717) is 16.9 Å². The number of hydrogen-bond donors (Lipinski definition) is 2. The van der Waals surface area contributed by atoms with E-state index in [1.54, 1.807) is 62.2 Å².